The molecule has 1 aliphatic rings. The van der Waals surface area contributed by atoms with Gasteiger partial charge < -0.3 is 14.8 Å². The van der Waals surface area contributed by atoms with Gasteiger partial charge in [0.2, 0.25) is 0 Å². The monoisotopic (exact) mass is 348 g/mol. The van der Waals surface area contributed by atoms with E-state index in [1.165, 1.54) is 0 Å². The van der Waals surface area contributed by atoms with Crippen molar-refractivity contribution >= 4 is 16.8 Å². The topological polar surface area (TPSA) is 81.0 Å². The van der Waals surface area contributed by atoms with Crippen LogP contribution in [0.1, 0.15) is 16.9 Å². The number of benzene rings is 1. The van der Waals surface area contributed by atoms with Crippen LogP contribution in [0.2, 0.25) is 0 Å². The summed E-state index contributed by atoms with van der Waals surface area (Å²) < 4.78 is 1.77. The molecule has 3 aromatic rings. The molecule has 1 aliphatic heterocycles. The van der Waals surface area contributed by atoms with Crippen LogP contribution in [0, 0.1) is 11.5 Å². The number of aryl methyl sites for hydroxylation is 1. The molecule has 0 aliphatic carbocycles. The van der Waals surface area contributed by atoms with E-state index in [1.54, 1.807) is 21.5 Å². The molecule has 7 nitrogen and oxygen atoms in total. The van der Waals surface area contributed by atoms with Gasteiger partial charge in [0.15, 0.2) is 6.19 Å². The van der Waals surface area contributed by atoms with Crippen molar-refractivity contribution in [3.05, 3.63) is 42.4 Å². The number of carbonyl (C=O) groups is 1. The van der Waals surface area contributed by atoms with Crippen molar-refractivity contribution in [1.82, 2.24) is 24.6 Å². The fraction of sp³-hybridized carbons (Fsp3) is 0.316. The summed E-state index contributed by atoms with van der Waals surface area (Å²) in [5.41, 5.74) is 3.61. The number of carbonyl (C=O) groups excluding carboxylic acids is 1. The highest BCUT2D eigenvalue weighted by Gasteiger charge is 2.29. The van der Waals surface area contributed by atoms with E-state index in [0.29, 0.717) is 18.8 Å². The van der Waals surface area contributed by atoms with Gasteiger partial charge in [0.05, 0.1) is 12.2 Å². The number of aromatic nitrogens is 3. The molecule has 0 radical (unpaired) electrons. The fourth-order valence-electron chi connectivity index (χ4n) is 3.50. The molecule has 7 heteroatoms. The maximum Gasteiger partial charge on any atom is 0.270 e. The number of rotatable bonds is 3. The largest absolute Gasteiger partial charge is 0.351 e. The standard InChI is InChI=1S/C19H20N6O/c1-23-10-15(9-21-23)13-3-4-17-14(7-13)8-18(22-17)19(26)24(2)16-5-6-25(11-16)12-20/h3-4,7-10,16,22H,5-6,11H2,1-2H3. The minimum atomic E-state index is -0.0473. The number of hydrogen-bond donors (Lipinski definition) is 1. The van der Waals surface area contributed by atoms with Crippen LogP contribution in [0.15, 0.2) is 36.7 Å². The van der Waals surface area contributed by atoms with E-state index >= 15 is 0 Å². The number of amides is 1. The van der Waals surface area contributed by atoms with Crippen LogP contribution < -0.4 is 0 Å². The summed E-state index contributed by atoms with van der Waals surface area (Å²) >= 11 is 0. The van der Waals surface area contributed by atoms with Gasteiger partial charge in [0.1, 0.15) is 5.69 Å². The molecule has 132 valence electrons. The predicted molar refractivity (Wildman–Crippen MR) is 98.2 cm³/mol. The van der Waals surface area contributed by atoms with E-state index in [-0.39, 0.29) is 11.9 Å². The lowest BCUT2D eigenvalue weighted by Crippen LogP contribution is -2.38. The van der Waals surface area contributed by atoms with E-state index < -0.39 is 0 Å². The Labute approximate surface area is 151 Å². The molecule has 0 spiro atoms. The number of fused-ring (bicyclic) bond motifs is 1. The van der Waals surface area contributed by atoms with Crippen LogP contribution in [-0.4, -0.2) is 56.7 Å². The summed E-state index contributed by atoms with van der Waals surface area (Å²) in [5, 5.41) is 14.2. The van der Waals surface area contributed by atoms with Crippen molar-refractivity contribution < 1.29 is 4.79 Å². The Morgan fingerprint density at radius 3 is 2.92 bits per heavy atom. The maximum absolute atomic E-state index is 12.8. The van der Waals surface area contributed by atoms with E-state index in [2.05, 4.69) is 22.3 Å². The fourth-order valence-corrected chi connectivity index (χ4v) is 3.50. The van der Waals surface area contributed by atoms with Crippen molar-refractivity contribution in [2.75, 3.05) is 20.1 Å². The number of hydrogen-bond acceptors (Lipinski definition) is 4. The summed E-state index contributed by atoms with van der Waals surface area (Å²) in [5.74, 6) is -0.0473. The van der Waals surface area contributed by atoms with Crippen LogP contribution in [-0.2, 0) is 7.05 Å². The number of nitriles is 1. The van der Waals surface area contributed by atoms with Gasteiger partial charge in [-0.2, -0.15) is 10.4 Å². The van der Waals surface area contributed by atoms with E-state index in [0.717, 1.165) is 28.5 Å². The minimum absolute atomic E-state index is 0.0473. The zero-order chi connectivity index (χ0) is 18.3. The highest BCUT2D eigenvalue weighted by molar-refractivity contribution is 5.99. The van der Waals surface area contributed by atoms with Crippen LogP contribution in [0.3, 0.4) is 0 Å². The van der Waals surface area contributed by atoms with Gasteiger partial charge in [0, 0.05) is 49.8 Å². The molecule has 1 saturated heterocycles. The Morgan fingerprint density at radius 2 is 2.23 bits per heavy atom. The molecule has 0 saturated carbocycles. The average Bonchev–Trinajstić information content (AvgIpc) is 3.38. The van der Waals surface area contributed by atoms with Crippen LogP contribution >= 0.6 is 0 Å². The average molecular weight is 348 g/mol. The molecule has 2 aromatic heterocycles. The zero-order valence-electron chi connectivity index (χ0n) is 14.8. The second-order valence-electron chi connectivity index (χ2n) is 6.79. The molecule has 26 heavy (non-hydrogen) atoms. The summed E-state index contributed by atoms with van der Waals surface area (Å²) in [6.45, 7) is 1.31. The predicted octanol–water partition coefficient (Wildman–Crippen LogP) is 2.20. The molecule has 1 N–H and O–H groups in total. The van der Waals surface area contributed by atoms with Crippen LogP contribution in [0.5, 0.6) is 0 Å². The van der Waals surface area contributed by atoms with Crippen molar-refractivity contribution in [2.45, 2.75) is 12.5 Å². The molecule has 3 heterocycles. The molecule has 4 rings (SSSR count). The molecule has 1 atom stereocenters. The first kappa shape index (κ1) is 16.2. The van der Waals surface area contributed by atoms with Gasteiger partial charge in [-0.3, -0.25) is 9.48 Å². The molecule has 1 aromatic carbocycles. The van der Waals surface area contributed by atoms with Gasteiger partial charge >= 0.3 is 0 Å². The molecule has 0 bridgehead atoms. The van der Waals surface area contributed by atoms with Gasteiger partial charge in [0.25, 0.3) is 5.91 Å². The third-order valence-electron chi connectivity index (χ3n) is 5.06. The number of nitrogens with zero attached hydrogens (tertiary/aromatic N) is 5. The first-order valence-electron chi connectivity index (χ1n) is 8.59. The van der Waals surface area contributed by atoms with Crippen LogP contribution in [0.4, 0.5) is 0 Å². The molecular weight excluding hydrogens is 328 g/mol. The number of nitrogens with one attached hydrogen (secondary N) is 1. The number of likely N-dealkylation sites (tertiary alicyclic amines) is 1. The minimum Gasteiger partial charge on any atom is -0.351 e. The number of likely N-dealkylation sites (N-methyl/N-ethyl adjacent to an activating group) is 1. The van der Waals surface area contributed by atoms with Crippen molar-refractivity contribution in [3.8, 4) is 17.3 Å². The zero-order valence-corrected chi connectivity index (χ0v) is 14.8. The van der Waals surface area contributed by atoms with Gasteiger partial charge in [-0.15, -0.1) is 0 Å². The van der Waals surface area contributed by atoms with E-state index in [1.807, 2.05) is 37.6 Å². The third-order valence-corrected chi connectivity index (χ3v) is 5.06. The third kappa shape index (κ3) is 2.80. The lowest BCUT2D eigenvalue weighted by molar-refractivity contribution is 0.0734. The normalized spacial score (nSPS) is 16.8. The first-order chi connectivity index (χ1) is 12.5. The summed E-state index contributed by atoms with van der Waals surface area (Å²) in [6.07, 6.45) is 6.77. The van der Waals surface area contributed by atoms with Crippen LogP contribution in [0.25, 0.3) is 22.0 Å². The van der Waals surface area contributed by atoms with E-state index in [9.17, 15) is 4.79 Å². The Balaban J connectivity index is 1.59. The van der Waals surface area contributed by atoms with Gasteiger partial charge in [-0.05, 0) is 30.2 Å². The maximum atomic E-state index is 12.8. The van der Waals surface area contributed by atoms with Crippen molar-refractivity contribution in [1.29, 1.82) is 5.26 Å². The molecule has 1 amide bonds. The quantitative estimate of drug-likeness (QED) is 0.736. The Morgan fingerprint density at radius 1 is 1.38 bits per heavy atom. The molecule has 1 unspecified atom stereocenters. The SMILES string of the molecule is CN(C(=O)c1cc2cc(-c3cnn(C)c3)ccc2[nH]1)C1CCN(C#N)C1. The van der Waals surface area contributed by atoms with Gasteiger partial charge in [-0.25, -0.2) is 0 Å². The summed E-state index contributed by atoms with van der Waals surface area (Å²) in [6, 6.07) is 8.04. The smallest absolute Gasteiger partial charge is 0.270 e. The number of aromatic amines is 1. The number of H-pyrrole nitrogens is 1. The second-order valence-corrected chi connectivity index (χ2v) is 6.79. The Bertz CT molecular complexity index is 1010. The highest BCUT2D eigenvalue weighted by atomic mass is 16.2. The Kier molecular flexibility index (Phi) is 3.88. The first-order valence-corrected chi connectivity index (χ1v) is 8.59. The summed E-state index contributed by atoms with van der Waals surface area (Å²) in [4.78, 5) is 19.5. The van der Waals surface area contributed by atoms with Crippen molar-refractivity contribution in [3.63, 3.8) is 0 Å². The lowest BCUT2D eigenvalue weighted by Gasteiger charge is -2.23. The highest BCUT2D eigenvalue weighted by Crippen LogP contribution is 2.25. The second kappa shape index (κ2) is 6.23. The Hall–Kier alpha value is -3.27. The lowest BCUT2D eigenvalue weighted by atomic mass is 10.1. The van der Waals surface area contributed by atoms with Crippen molar-refractivity contribution in [2.24, 2.45) is 7.05 Å². The summed E-state index contributed by atoms with van der Waals surface area (Å²) in [7, 11) is 3.70. The van der Waals surface area contributed by atoms with E-state index in [4.69, 9.17) is 5.26 Å². The van der Waals surface area contributed by atoms with Gasteiger partial charge in [-0.1, -0.05) is 6.07 Å². The molecular formula is C19H20N6O. The molecule has 1 fully saturated rings.